The van der Waals surface area contributed by atoms with E-state index >= 15 is 0 Å². The van der Waals surface area contributed by atoms with Crippen LogP contribution in [-0.2, 0) is 0 Å². The van der Waals surface area contributed by atoms with Gasteiger partial charge in [-0.1, -0.05) is 23.7 Å². The fourth-order valence-corrected chi connectivity index (χ4v) is 1.57. The highest BCUT2D eigenvalue weighted by molar-refractivity contribution is 6.29. The molecule has 0 spiro atoms. The smallest absolute Gasteiger partial charge is 0.258 e. The van der Waals surface area contributed by atoms with Crippen molar-refractivity contribution >= 4 is 17.3 Å². The molecule has 2 aromatic rings. The van der Waals surface area contributed by atoms with Crippen LogP contribution in [0.3, 0.4) is 0 Å². The van der Waals surface area contributed by atoms with Crippen molar-refractivity contribution < 1.29 is 9.31 Å². The quantitative estimate of drug-likeness (QED) is 0.467. The van der Waals surface area contributed by atoms with E-state index in [2.05, 4.69) is 4.98 Å². The summed E-state index contributed by atoms with van der Waals surface area (Å²) in [6.07, 6.45) is 0. The van der Waals surface area contributed by atoms with Gasteiger partial charge in [-0.25, -0.2) is 9.37 Å². The maximum absolute atomic E-state index is 13.1. The first-order valence-electron chi connectivity index (χ1n) is 4.65. The Labute approximate surface area is 101 Å². The average molecular weight is 253 g/mol. The van der Waals surface area contributed by atoms with E-state index in [1.165, 1.54) is 36.4 Å². The molecule has 0 aliphatic heterocycles. The van der Waals surface area contributed by atoms with Crippen molar-refractivity contribution in [1.82, 2.24) is 4.98 Å². The van der Waals surface area contributed by atoms with Crippen LogP contribution in [0.25, 0.3) is 11.3 Å². The zero-order valence-corrected chi connectivity index (χ0v) is 9.19. The van der Waals surface area contributed by atoms with Crippen molar-refractivity contribution in [3.05, 3.63) is 57.5 Å². The van der Waals surface area contributed by atoms with Crippen LogP contribution in [0.4, 0.5) is 10.1 Å². The summed E-state index contributed by atoms with van der Waals surface area (Å²) in [5, 5.41) is 10.9. The van der Waals surface area contributed by atoms with E-state index < -0.39 is 10.7 Å². The van der Waals surface area contributed by atoms with Crippen molar-refractivity contribution in [3.8, 4) is 11.3 Å². The Morgan fingerprint density at radius 1 is 1.29 bits per heavy atom. The number of nitrogens with zero attached hydrogens (tertiary/aromatic N) is 2. The monoisotopic (exact) mass is 252 g/mol. The molecule has 86 valence electrons. The van der Waals surface area contributed by atoms with E-state index in [1.807, 2.05) is 0 Å². The van der Waals surface area contributed by atoms with Crippen LogP contribution in [0.2, 0.25) is 5.15 Å². The molecule has 0 aliphatic rings. The summed E-state index contributed by atoms with van der Waals surface area (Å²) in [4.78, 5) is 14.1. The molecule has 0 fully saturated rings. The van der Waals surface area contributed by atoms with E-state index in [0.717, 1.165) is 0 Å². The third-order valence-corrected chi connectivity index (χ3v) is 2.35. The maximum Gasteiger partial charge on any atom is 0.295 e. The van der Waals surface area contributed by atoms with E-state index in [1.54, 1.807) is 0 Å². The van der Waals surface area contributed by atoms with Crippen molar-refractivity contribution in [2.24, 2.45) is 0 Å². The minimum Gasteiger partial charge on any atom is -0.258 e. The molecule has 2 rings (SSSR count). The molecule has 0 aliphatic carbocycles. The van der Waals surface area contributed by atoms with Crippen molar-refractivity contribution in [1.29, 1.82) is 0 Å². The van der Waals surface area contributed by atoms with Gasteiger partial charge in [-0.2, -0.15) is 0 Å². The molecule has 0 saturated carbocycles. The summed E-state index contributed by atoms with van der Waals surface area (Å²) < 4.78 is 13.1. The second-order valence-corrected chi connectivity index (χ2v) is 3.66. The number of rotatable bonds is 2. The largest absolute Gasteiger partial charge is 0.295 e. The maximum atomic E-state index is 13.1. The van der Waals surface area contributed by atoms with Crippen LogP contribution in [0.5, 0.6) is 0 Å². The number of aromatic nitrogens is 1. The predicted molar refractivity (Wildman–Crippen MR) is 61.3 cm³/mol. The number of hydrogen-bond acceptors (Lipinski definition) is 3. The average Bonchev–Trinajstić information content (AvgIpc) is 2.28. The lowest BCUT2D eigenvalue weighted by Gasteiger charge is -2.02. The lowest BCUT2D eigenvalue weighted by atomic mass is 10.1. The molecular weight excluding hydrogens is 247 g/mol. The second-order valence-electron chi connectivity index (χ2n) is 3.27. The van der Waals surface area contributed by atoms with Crippen LogP contribution in [0.1, 0.15) is 0 Å². The van der Waals surface area contributed by atoms with Gasteiger partial charge in [-0.05, 0) is 18.2 Å². The van der Waals surface area contributed by atoms with Crippen molar-refractivity contribution in [2.75, 3.05) is 0 Å². The summed E-state index contributed by atoms with van der Waals surface area (Å²) in [5.74, 6) is -0.487. The minimum atomic E-state index is -0.580. The zero-order chi connectivity index (χ0) is 12.4. The van der Waals surface area contributed by atoms with Crippen LogP contribution < -0.4 is 0 Å². The van der Waals surface area contributed by atoms with E-state index in [-0.39, 0.29) is 16.5 Å². The number of pyridine rings is 1. The Bertz CT molecular complexity index is 589. The fraction of sp³-hybridized carbons (Fsp3) is 0. The van der Waals surface area contributed by atoms with Crippen LogP contribution in [-0.4, -0.2) is 9.91 Å². The first kappa shape index (κ1) is 11.5. The number of nitro groups is 1. The lowest BCUT2D eigenvalue weighted by molar-refractivity contribution is -0.384. The van der Waals surface area contributed by atoms with Crippen LogP contribution in [0, 0.1) is 15.9 Å². The van der Waals surface area contributed by atoms with Gasteiger partial charge in [0.25, 0.3) is 5.69 Å². The molecule has 1 heterocycles. The van der Waals surface area contributed by atoms with E-state index in [4.69, 9.17) is 11.6 Å². The van der Waals surface area contributed by atoms with Gasteiger partial charge in [0.2, 0.25) is 0 Å². The molecule has 0 unspecified atom stereocenters. The molecule has 6 heteroatoms. The molecule has 1 aromatic carbocycles. The summed E-state index contributed by atoms with van der Waals surface area (Å²) in [7, 11) is 0. The van der Waals surface area contributed by atoms with Gasteiger partial charge in [-0.15, -0.1) is 0 Å². The van der Waals surface area contributed by atoms with Gasteiger partial charge in [-0.3, -0.25) is 10.1 Å². The highest BCUT2D eigenvalue weighted by Crippen LogP contribution is 2.29. The molecule has 0 N–H and O–H groups in total. The Kier molecular flexibility index (Phi) is 3.01. The Morgan fingerprint density at radius 3 is 2.71 bits per heavy atom. The summed E-state index contributed by atoms with van der Waals surface area (Å²) in [6, 6.07) is 7.98. The fourth-order valence-electron chi connectivity index (χ4n) is 1.42. The first-order valence-corrected chi connectivity index (χ1v) is 5.02. The summed E-state index contributed by atoms with van der Waals surface area (Å²) in [5.41, 5.74) is 0.168. The summed E-state index contributed by atoms with van der Waals surface area (Å²) >= 11 is 5.68. The minimum absolute atomic E-state index is 0.0574. The molecule has 0 atom stereocenters. The number of halogens is 2. The van der Waals surface area contributed by atoms with Crippen LogP contribution >= 0.6 is 11.6 Å². The lowest BCUT2D eigenvalue weighted by Crippen LogP contribution is -1.95. The number of benzene rings is 1. The van der Waals surface area contributed by atoms with Gasteiger partial charge in [0.15, 0.2) is 0 Å². The standard InChI is InChI=1S/C11H6ClFN2O2/c12-10-5-4-9(15(16)17)11(14-10)7-2-1-3-8(13)6-7/h1-6H. The van der Waals surface area contributed by atoms with Crippen LogP contribution in [0.15, 0.2) is 36.4 Å². The van der Waals surface area contributed by atoms with E-state index in [0.29, 0.717) is 5.56 Å². The van der Waals surface area contributed by atoms with Gasteiger partial charge in [0.05, 0.1) is 4.92 Å². The molecule has 4 nitrogen and oxygen atoms in total. The molecule has 1 aromatic heterocycles. The Balaban J connectivity index is 2.65. The Morgan fingerprint density at radius 2 is 2.06 bits per heavy atom. The van der Waals surface area contributed by atoms with Gasteiger partial charge < -0.3 is 0 Å². The third kappa shape index (κ3) is 2.39. The van der Waals surface area contributed by atoms with Gasteiger partial charge >= 0.3 is 0 Å². The summed E-state index contributed by atoms with van der Waals surface area (Å²) in [6.45, 7) is 0. The topological polar surface area (TPSA) is 56.0 Å². The van der Waals surface area contributed by atoms with E-state index in [9.17, 15) is 14.5 Å². The molecule has 0 radical (unpaired) electrons. The van der Waals surface area contributed by atoms with Gasteiger partial charge in [0.1, 0.15) is 16.7 Å². The van der Waals surface area contributed by atoms with Gasteiger partial charge in [0, 0.05) is 11.6 Å². The van der Waals surface area contributed by atoms with Crippen molar-refractivity contribution in [2.45, 2.75) is 0 Å². The molecule has 0 amide bonds. The predicted octanol–water partition coefficient (Wildman–Crippen LogP) is 3.45. The third-order valence-electron chi connectivity index (χ3n) is 2.13. The Hall–Kier alpha value is -2.01. The SMILES string of the molecule is O=[N+]([O-])c1ccc(Cl)nc1-c1cccc(F)c1. The molecule has 0 bridgehead atoms. The molecule has 17 heavy (non-hydrogen) atoms. The normalized spacial score (nSPS) is 10.2. The molecule has 0 saturated heterocycles. The highest BCUT2D eigenvalue weighted by Gasteiger charge is 2.17. The molecular formula is C11H6ClFN2O2. The first-order chi connectivity index (χ1) is 8.08. The van der Waals surface area contributed by atoms with Crippen molar-refractivity contribution in [3.63, 3.8) is 0 Å². The zero-order valence-electron chi connectivity index (χ0n) is 8.43. The number of hydrogen-bond donors (Lipinski definition) is 0. The second kappa shape index (κ2) is 4.47. The highest BCUT2D eigenvalue weighted by atomic mass is 35.5.